The quantitative estimate of drug-likeness (QED) is 0.549. The summed E-state index contributed by atoms with van der Waals surface area (Å²) in [6.45, 7) is 0.687. The number of para-hydroxylation sites is 1. The summed E-state index contributed by atoms with van der Waals surface area (Å²) in [4.78, 5) is 14.9. The summed E-state index contributed by atoms with van der Waals surface area (Å²) in [5.41, 5.74) is 3.29. The van der Waals surface area contributed by atoms with Crippen molar-refractivity contribution in [2.75, 3.05) is 0 Å². The number of benzene rings is 2. The zero-order valence-corrected chi connectivity index (χ0v) is 16.7. The Morgan fingerprint density at radius 3 is 2.67 bits per heavy atom. The molecule has 0 bridgehead atoms. The molecule has 0 unspecified atom stereocenters. The molecule has 0 radical (unpaired) electrons. The van der Waals surface area contributed by atoms with Crippen LogP contribution in [0.15, 0.2) is 71.5 Å². The van der Waals surface area contributed by atoms with Gasteiger partial charge in [0, 0.05) is 29.7 Å². The Balaban J connectivity index is 1.38. The molecular weight excluding hydrogens is 402 g/mol. The van der Waals surface area contributed by atoms with Gasteiger partial charge in [-0.3, -0.25) is 4.79 Å². The van der Waals surface area contributed by atoms with Gasteiger partial charge in [0.05, 0.1) is 11.9 Å². The van der Waals surface area contributed by atoms with Crippen LogP contribution in [0.1, 0.15) is 30.4 Å². The molecule has 0 saturated heterocycles. The number of carbonyl (C=O) groups excluding carboxylic acids is 1. The highest BCUT2D eigenvalue weighted by Crippen LogP contribution is 2.29. The summed E-state index contributed by atoms with van der Waals surface area (Å²) < 4.78 is 2.91. The normalized spacial score (nSPS) is 13.5. The molecule has 1 heterocycles. The first-order valence-corrected chi connectivity index (χ1v) is 10.1. The predicted molar refractivity (Wildman–Crippen MR) is 110 cm³/mol. The molecule has 0 aliphatic heterocycles. The van der Waals surface area contributed by atoms with E-state index in [9.17, 15) is 4.79 Å². The number of hydrogen-bond donors (Lipinski definition) is 0. The third kappa shape index (κ3) is 4.66. The molecule has 1 aromatic heterocycles. The van der Waals surface area contributed by atoms with E-state index in [1.807, 2.05) is 64.4 Å². The van der Waals surface area contributed by atoms with Crippen LogP contribution < -0.4 is 0 Å². The second-order valence-corrected chi connectivity index (χ2v) is 7.93. The van der Waals surface area contributed by atoms with Crippen molar-refractivity contribution < 1.29 is 4.79 Å². The van der Waals surface area contributed by atoms with Crippen molar-refractivity contribution in [2.24, 2.45) is 0 Å². The van der Waals surface area contributed by atoms with Gasteiger partial charge >= 0.3 is 0 Å². The fourth-order valence-corrected chi connectivity index (χ4v) is 3.69. The van der Waals surface area contributed by atoms with E-state index in [2.05, 4.69) is 33.2 Å². The van der Waals surface area contributed by atoms with Crippen molar-refractivity contribution in [3.63, 3.8) is 0 Å². The van der Waals surface area contributed by atoms with Crippen LogP contribution in [0.2, 0.25) is 0 Å². The minimum atomic E-state index is 0.227. The second kappa shape index (κ2) is 8.09. The van der Waals surface area contributed by atoms with E-state index in [4.69, 9.17) is 0 Å². The summed E-state index contributed by atoms with van der Waals surface area (Å²) in [5.74, 6) is 0.227. The molecule has 27 heavy (non-hydrogen) atoms. The fourth-order valence-electron chi connectivity index (χ4n) is 3.25. The Labute approximate surface area is 167 Å². The topological polar surface area (TPSA) is 38.1 Å². The van der Waals surface area contributed by atoms with E-state index in [1.165, 1.54) is 5.56 Å². The molecule has 3 aromatic rings. The van der Waals surface area contributed by atoms with Gasteiger partial charge in [0.1, 0.15) is 0 Å². The molecule has 4 rings (SSSR count). The van der Waals surface area contributed by atoms with Gasteiger partial charge in [0.25, 0.3) is 0 Å². The summed E-state index contributed by atoms with van der Waals surface area (Å²) in [5, 5.41) is 4.42. The largest absolute Gasteiger partial charge is 0.335 e. The third-order valence-electron chi connectivity index (χ3n) is 4.83. The number of aromatic nitrogens is 2. The summed E-state index contributed by atoms with van der Waals surface area (Å²) in [7, 11) is 0. The average molecular weight is 424 g/mol. The van der Waals surface area contributed by atoms with Gasteiger partial charge in [-0.1, -0.05) is 46.3 Å². The minimum absolute atomic E-state index is 0.227. The molecule has 0 N–H and O–H groups in total. The van der Waals surface area contributed by atoms with E-state index >= 15 is 0 Å². The van der Waals surface area contributed by atoms with E-state index in [1.54, 1.807) is 0 Å². The van der Waals surface area contributed by atoms with E-state index in [0.717, 1.165) is 28.6 Å². The van der Waals surface area contributed by atoms with Crippen LogP contribution in [0.4, 0.5) is 0 Å². The van der Waals surface area contributed by atoms with E-state index < -0.39 is 0 Å². The van der Waals surface area contributed by atoms with Gasteiger partial charge in [-0.25, -0.2) is 4.68 Å². The number of amides is 1. The summed E-state index contributed by atoms with van der Waals surface area (Å²) in [6, 6.07) is 18.6. The van der Waals surface area contributed by atoms with E-state index in [0.29, 0.717) is 25.4 Å². The van der Waals surface area contributed by atoms with Crippen LogP contribution in [0.25, 0.3) is 5.69 Å². The molecule has 138 valence electrons. The lowest BCUT2D eigenvalue weighted by Gasteiger charge is -2.22. The van der Waals surface area contributed by atoms with E-state index in [-0.39, 0.29) is 5.91 Å². The standard InChI is InChI=1S/C22H22BrN3O/c23-19-6-4-5-17(13-19)15-25(20-10-11-20)22(27)12-9-18-14-24-26(16-18)21-7-2-1-3-8-21/h1-8,13-14,16,20H,9-12,15H2. The maximum Gasteiger partial charge on any atom is 0.223 e. The molecule has 1 saturated carbocycles. The molecule has 5 heteroatoms. The number of rotatable bonds is 7. The molecule has 4 nitrogen and oxygen atoms in total. The zero-order chi connectivity index (χ0) is 18.6. The zero-order valence-electron chi connectivity index (χ0n) is 15.1. The van der Waals surface area contributed by atoms with Gasteiger partial charge in [0.15, 0.2) is 0 Å². The first-order chi connectivity index (χ1) is 13.2. The lowest BCUT2D eigenvalue weighted by atomic mass is 10.1. The molecule has 1 aliphatic carbocycles. The second-order valence-electron chi connectivity index (χ2n) is 7.01. The van der Waals surface area contributed by atoms with Crippen molar-refractivity contribution in [1.82, 2.24) is 14.7 Å². The highest BCUT2D eigenvalue weighted by molar-refractivity contribution is 9.10. The Kier molecular flexibility index (Phi) is 5.39. The third-order valence-corrected chi connectivity index (χ3v) is 5.33. The molecule has 0 atom stereocenters. The molecule has 1 fully saturated rings. The van der Waals surface area contributed by atoms with Gasteiger partial charge in [-0.2, -0.15) is 5.10 Å². The fraction of sp³-hybridized carbons (Fsp3) is 0.273. The first-order valence-electron chi connectivity index (χ1n) is 9.32. The SMILES string of the molecule is O=C(CCc1cnn(-c2ccccc2)c1)N(Cc1cccc(Br)c1)C1CC1. The monoisotopic (exact) mass is 423 g/mol. The lowest BCUT2D eigenvalue weighted by Crippen LogP contribution is -2.32. The number of halogens is 1. The number of carbonyl (C=O) groups is 1. The van der Waals surface area contributed by atoms with Crippen LogP contribution in [0.3, 0.4) is 0 Å². The summed E-state index contributed by atoms with van der Waals surface area (Å²) >= 11 is 3.51. The van der Waals surface area contributed by atoms with Gasteiger partial charge in [-0.15, -0.1) is 0 Å². The van der Waals surface area contributed by atoms with Crippen molar-refractivity contribution in [3.05, 3.63) is 82.6 Å². The van der Waals surface area contributed by atoms with Crippen LogP contribution in [0.5, 0.6) is 0 Å². The van der Waals surface area contributed by atoms with Crippen molar-refractivity contribution in [1.29, 1.82) is 0 Å². The lowest BCUT2D eigenvalue weighted by molar-refractivity contribution is -0.132. The predicted octanol–water partition coefficient (Wildman–Crippen LogP) is 4.76. The van der Waals surface area contributed by atoms with Crippen molar-refractivity contribution in [3.8, 4) is 5.69 Å². The number of nitrogens with zero attached hydrogens (tertiary/aromatic N) is 3. The van der Waals surface area contributed by atoms with Crippen molar-refractivity contribution >= 4 is 21.8 Å². The maximum atomic E-state index is 12.9. The number of aryl methyl sites for hydroxylation is 1. The Hall–Kier alpha value is -2.40. The maximum absolute atomic E-state index is 12.9. The van der Waals surface area contributed by atoms with Crippen LogP contribution in [0, 0.1) is 0 Å². The Bertz CT molecular complexity index is 918. The van der Waals surface area contributed by atoms with Gasteiger partial charge < -0.3 is 4.90 Å². The molecule has 1 amide bonds. The highest BCUT2D eigenvalue weighted by Gasteiger charge is 2.32. The Morgan fingerprint density at radius 1 is 1.11 bits per heavy atom. The van der Waals surface area contributed by atoms with Crippen LogP contribution in [-0.2, 0) is 17.8 Å². The van der Waals surface area contributed by atoms with Crippen LogP contribution in [-0.4, -0.2) is 26.6 Å². The highest BCUT2D eigenvalue weighted by atomic mass is 79.9. The molecule has 0 spiro atoms. The molecule has 1 aliphatic rings. The first kappa shape index (κ1) is 18.0. The molecular formula is C22H22BrN3O. The minimum Gasteiger partial charge on any atom is -0.335 e. The van der Waals surface area contributed by atoms with Gasteiger partial charge in [-0.05, 0) is 54.7 Å². The smallest absolute Gasteiger partial charge is 0.223 e. The molecule has 2 aromatic carbocycles. The summed E-state index contributed by atoms with van der Waals surface area (Å²) in [6.07, 6.45) is 7.34. The van der Waals surface area contributed by atoms with Gasteiger partial charge in [0.2, 0.25) is 5.91 Å². The number of hydrogen-bond acceptors (Lipinski definition) is 2. The Morgan fingerprint density at radius 2 is 1.93 bits per heavy atom. The van der Waals surface area contributed by atoms with Crippen molar-refractivity contribution in [2.45, 2.75) is 38.3 Å². The average Bonchev–Trinajstić information content (AvgIpc) is 3.42. The van der Waals surface area contributed by atoms with Crippen LogP contribution >= 0.6 is 15.9 Å².